The van der Waals surface area contributed by atoms with E-state index in [2.05, 4.69) is 11.8 Å². The molecule has 3 aromatic rings. The van der Waals surface area contributed by atoms with Gasteiger partial charge in [0.05, 0.1) is 5.69 Å². The van der Waals surface area contributed by atoms with Crippen LogP contribution in [-0.4, -0.2) is 17.7 Å². The third kappa shape index (κ3) is 4.21. The molecule has 0 radical (unpaired) electrons. The molecule has 0 saturated carbocycles. The van der Waals surface area contributed by atoms with Gasteiger partial charge in [-0.05, 0) is 42.7 Å². The summed E-state index contributed by atoms with van der Waals surface area (Å²) in [5.74, 6) is -0.912. The minimum Gasteiger partial charge on any atom is -0.477 e. The van der Waals surface area contributed by atoms with Crippen molar-refractivity contribution >= 4 is 48.0 Å². The van der Waals surface area contributed by atoms with Crippen molar-refractivity contribution in [2.24, 2.45) is 0 Å². The summed E-state index contributed by atoms with van der Waals surface area (Å²) in [6.07, 6.45) is 0. The molecule has 0 amide bonds. The lowest BCUT2D eigenvalue weighted by molar-refractivity contribution is 0.0703. The second kappa shape index (κ2) is 7.57. The van der Waals surface area contributed by atoms with E-state index in [0.29, 0.717) is 15.6 Å². The summed E-state index contributed by atoms with van der Waals surface area (Å²) >= 11 is 7.23. The molecule has 25 heavy (non-hydrogen) atoms. The fraction of sp³-hybridized carbons (Fsp3) is 0.105. The van der Waals surface area contributed by atoms with Crippen LogP contribution in [0, 0.1) is 6.92 Å². The van der Waals surface area contributed by atoms with E-state index in [4.69, 9.17) is 11.6 Å². The van der Waals surface area contributed by atoms with Crippen LogP contribution in [-0.2, 0) is 0 Å². The van der Waals surface area contributed by atoms with E-state index < -0.39 is 14.0 Å². The van der Waals surface area contributed by atoms with Crippen LogP contribution in [0.5, 0.6) is 0 Å². The van der Waals surface area contributed by atoms with Crippen LogP contribution in [0.4, 0.5) is 5.69 Å². The lowest BCUT2D eigenvalue weighted by atomic mass is 10.1. The first-order chi connectivity index (χ1) is 11.9. The maximum Gasteiger partial charge on any atom is 0.348 e. The lowest BCUT2D eigenvalue weighted by Crippen LogP contribution is -2.07. The van der Waals surface area contributed by atoms with Gasteiger partial charge in [-0.2, -0.15) is 0 Å². The third-order valence-electron chi connectivity index (χ3n) is 3.76. The van der Waals surface area contributed by atoms with Crippen LogP contribution in [0.3, 0.4) is 0 Å². The average molecular weight is 390 g/mol. The zero-order valence-corrected chi connectivity index (χ0v) is 16.3. The second-order valence-electron chi connectivity index (χ2n) is 5.67. The molecule has 3 rings (SSSR count). The van der Waals surface area contributed by atoms with E-state index in [1.165, 1.54) is 16.9 Å². The number of thiophene rings is 1. The van der Waals surface area contributed by atoms with Crippen LogP contribution in [0.1, 0.15) is 15.2 Å². The van der Waals surface area contributed by atoms with Gasteiger partial charge in [0.25, 0.3) is 0 Å². The van der Waals surface area contributed by atoms with Gasteiger partial charge < -0.3 is 10.2 Å². The maximum absolute atomic E-state index is 11.6. The number of rotatable bonds is 5. The number of benzene rings is 2. The average Bonchev–Trinajstić information content (AvgIpc) is 3.00. The highest BCUT2D eigenvalue weighted by Crippen LogP contribution is 2.40. The van der Waals surface area contributed by atoms with Crippen LogP contribution < -0.4 is 10.4 Å². The zero-order chi connectivity index (χ0) is 18.0. The smallest absolute Gasteiger partial charge is 0.348 e. The van der Waals surface area contributed by atoms with Crippen LogP contribution in [0.25, 0.3) is 10.4 Å². The molecule has 0 aliphatic heterocycles. The molecule has 0 saturated heterocycles. The highest BCUT2D eigenvalue weighted by atomic mass is 35.5. The number of nitrogens with one attached hydrogen (secondary N) is 1. The Balaban J connectivity index is 1.90. The van der Waals surface area contributed by atoms with Crippen molar-refractivity contribution in [3.63, 3.8) is 0 Å². The van der Waals surface area contributed by atoms with Gasteiger partial charge in [-0.25, -0.2) is 4.79 Å². The third-order valence-corrected chi connectivity index (χ3v) is 6.84. The summed E-state index contributed by atoms with van der Waals surface area (Å²) in [5.41, 5.74) is 2.87. The zero-order valence-electron chi connectivity index (χ0n) is 13.8. The summed E-state index contributed by atoms with van der Waals surface area (Å²) in [6, 6.07) is 17.7. The van der Waals surface area contributed by atoms with Crippen LogP contribution >= 0.6 is 31.0 Å². The number of hydrogen-bond donors (Lipinski definition) is 2. The number of carboxylic acids is 1. The van der Waals surface area contributed by atoms with E-state index in [0.717, 1.165) is 15.7 Å². The molecule has 0 aliphatic rings. The van der Waals surface area contributed by atoms with E-state index >= 15 is 0 Å². The number of carboxylic acid groups (broad SMARTS) is 1. The Kier molecular flexibility index (Phi) is 5.43. The van der Waals surface area contributed by atoms with Crippen molar-refractivity contribution in [2.45, 2.75) is 6.92 Å². The van der Waals surface area contributed by atoms with Gasteiger partial charge in [-0.3, -0.25) is 0 Å². The van der Waals surface area contributed by atoms with Crippen molar-refractivity contribution in [1.82, 2.24) is 0 Å². The van der Waals surface area contributed by atoms with Crippen molar-refractivity contribution < 1.29 is 9.90 Å². The Labute approximate surface area is 157 Å². The second-order valence-corrected chi connectivity index (χ2v) is 9.02. The normalized spacial score (nSPS) is 12.0. The molecule has 0 aliphatic carbocycles. The van der Waals surface area contributed by atoms with Gasteiger partial charge in [0.1, 0.15) is 4.88 Å². The molecular weight excluding hydrogens is 373 g/mol. The number of anilines is 1. The fourth-order valence-electron chi connectivity index (χ4n) is 2.40. The molecule has 6 heteroatoms. The summed E-state index contributed by atoms with van der Waals surface area (Å²) in [5, 5.41) is 14.7. The molecular formula is C19H17ClNO2PS. The Hall–Kier alpha value is -1.87. The summed E-state index contributed by atoms with van der Waals surface area (Å²) < 4.78 is 0. The van der Waals surface area contributed by atoms with E-state index in [-0.39, 0.29) is 0 Å². The number of aryl methyl sites for hydroxylation is 1. The largest absolute Gasteiger partial charge is 0.477 e. The number of halogens is 1. The molecule has 1 heterocycles. The van der Waals surface area contributed by atoms with E-state index in [9.17, 15) is 9.90 Å². The Morgan fingerprint density at radius 3 is 2.36 bits per heavy atom. The van der Waals surface area contributed by atoms with E-state index in [1.54, 1.807) is 0 Å². The topological polar surface area (TPSA) is 49.3 Å². The summed E-state index contributed by atoms with van der Waals surface area (Å²) in [6.45, 7) is 4.09. The Morgan fingerprint density at radius 1 is 1.12 bits per heavy atom. The van der Waals surface area contributed by atoms with Crippen LogP contribution in [0.2, 0.25) is 5.02 Å². The van der Waals surface area contributed by atoms with Gasteiger partial charge >= 0.3 is 5.97 Å². The number of aromatic carboxylic acids is 1. The molecule has 1 aromatic heterocycles. The van der Waals surface area contributed by atoms with Gasteiger partial charge in [-0.1, -0.05) is 53.6 Å². The molecule has 128 valence electrons. The summed E-state index contributed by atoms with van der Waals surface area (Å²) in [7, 11) is -0.731. The molecule has 0 bridgehead atoms. The van der Waals surface area contributed by atoms with Crippen LogP contribution in [0.15, 0.2) is 54.6 Å². The van der Waals surface area contributed by atoms with Gasteiger partial charge in [0.15, 0.2) is 0 Å². The lowest BCUT2D eigenvalue weighted by Gasteiger charge is -2.15. The molecule has 0 fully saturated rings. The molecule has 1 atom stereocenters. The standard InChI is InChI=1S/C19H17ClNO2PS/c1-12-3-5-13(6-4-12)17-11-16(18(25-17)19(22)23)21-24(2)15-9-7-14(20)8-10-15/h3-11,21H,1-2H3,(H,22,23). The predicted molar refractivity (Wildman–Crippen MR) is 109 cm³/mol. The number of hydrogen-bond acceptors (Lipinski definition) is 3. The Morgan fingerprint density at radius 2 is 1.76 bits per heavy atom. The highest BCUT2D eigenvalue weighted by Gasteiger charge is 2.18. The molecule has 1 unspecified atom stereocenters. The van der Waals surface area contributed by atoms with Crippen molar-refractivity contribution in [2.75, 3.05) is 11.8 Å². The highest BCUT2D eigenvalue weighted by molar-refractivity contribution is 7.66. The van der Waals surface area contributed by atoms with Gasteiger partial charge in [0.2, 0.25) is 0 Å². The van der Waals surface area contributed by atoms with Crippen molar-refractivity contribution in [1.29, 1.82) is 0 Å². The van der Waals surface area contributed by atoms with E-state index in [1.807, 2.05) is 61.5 Å². The van der Waals surface area contributed by atoms with Gasteiger partial charge in [0, 0.05) is 18.0 Å². The minimum atomic E-state index is -0.912. The first kappa shape index (κ1) is 17.9. The Bertz CT molecular complexity index is 891. The molecule has 0 spiro atoms. The van der Waals surface area contributed by atoms with Gasteiger partial charge in [-0.15, -0.1) is 11.3 Å². The van der Waals surface area contributed by atoms with Crippen molar-refractivity contribution in [3.8, 4) is 10.4 Å². The quantitative estimate of drug-likeness (QED) is 0.539. The number of carbonyl (C=O) groups is 1. The maximum atomic E-state index is 11.6. The fourth-order valence-corrected chi connectivity index (χ4v) is 4.83. The SMILES string of the molecule is Cc1ccc(-c2cc(NP(C)c3ccc(Cl)cc3)c(C(=O)O)s2)cc1. The molecule has 2 aromatic carbocycles. The first-order valence-electron chi connectivity index (χ1n) is 7.64. The molecule has 2 N–H and O–H groups in total. The monoisotopic (exact) mass is 389 g/mol. The molecule has 3 nitrogen and oxygen atoms in total. The minimum absolute atomic E-state index is 0.332. The van der Waals surface area contributed by atoms with Crippen molar-refractivity contribution in [3.05, 3.63) is 70.1 Å². The first-order valence-corrected chi connectivity index (χ1v) is 10.6. The summed E-state index contributed by atoms with van der Waals surface area (Å²) in [4.78, 5) is 12.9. The predicted octanol–water partition coefficient (Wildman–Crippen LogP) is 5.84.